The highest BCUT2D eigenvalue weighted by Gasteiger charge is 2.63. The van der Waals surface area contributed by atoms with Crippen molar-refractivity contribution in [3.63, 3.8) is 0 Å². The van der Waals surface area contributed by atoms with Gasteiger partial charge in [0.1, 0.15) is 18.0 Å². The van der Waals surface area contributed by atoms with Crippen molar-refractivity contribution in [3.05, 3.63) is 23.5 Å². The first-order valence-corrected chi connectivity index (χ1v) is 10.4. The van der Waals surface area contributed by atoms with E-state index in [0.717, 1.165) is 51.4 Å². The lowest BCUT2D eigenvalue weighted by Gasteiger charge is -2.55. The van der Waals surface area contributed by atoms with Crippen LogP contribution in [0.3, 0.4) is 0 Å². The Kier molecular flexibility index (Phi) is 4.72. The Morgan fingerprint density at radius 1 is 1.33 bits per heavy atom. The number of carbonyl (C=O) groups excluding carboxylic acids is 1. The minimum Gasteiger partial charge on any atom is -0.425 e. The van der Waals surface area contributed by atoms with Crippen LogP contribution >= 0.6 is 0 Å². The zero-order valence-corrected chi connectivity index (χ0v) is 16.1. The molecule has 0 saturated heterocycles. The van der Waals surface area contributed by atoms with Gasteiger partial charge in [-0.25, -0.2) is 4.79 Å². The average molecular weight is 370 g/mol. The van der Waals surface area contributed by atoms with E-state index in [1.54, 1.807) is 0 Å². The lowest BCUT2D eigenvalue weighted by molar-refractivity contribution is -0.142. The molecule has 27 heavy (non-hydrogen) atoms. The molecule has 4 aliphatic carbocycles. The first-order valence-electron chi connectivity index (χ1n) is 10.4. The van der Waals surface area contributed by atoms with E-state index in [4.69, 9.17) is 16.3 Å². The minimum atomic E-state index is -0.939. The van der Waals surface area contributed by atoms with Gasteiger partial charge in [-0.1, -0.05) is 18.4 Å². The van der Waals surface area contributed by atoms with Gasteiger partial charge in [0.25, 0.3) is 0 Å². The van der Waals surface area contributed by atoms with Gasteiger partial charge in [0.2, 0.25) is 0 Å². The number of hydrogen-bond acceptors (Lipinski definition) is 4. The Morgan fingerprint density at radius 2 is 2.15 bits per heavy atom. The van der Waals surface area contributed by atoms with Crippen molar-refractivity contribution < 1.29 is 19.7 Å². The monoisotopic (exact) mass is 370 g/mol. The fraction of sp³-hybridized carbons (Fsp3) is 0.696. The number of fused-ring (bicyclic) bond motifs is 5. The molecule has 0 amide bonds. The third kappa shape index (κ3) is 2.70. The molecule has 0 bridgehead atoms. The van der Waals surface area contributed by atoms with Crippen LogP contribution in [0.2, 0.25) is 0 Å². The summed E-state index contributed by atoms with van der Waals surface area (Å²) in [6.45, 7) is 1.60. The number of carbonyl (C=O) groups is 1. The normalized spacial score (nSPS) is 42.7. The van der Waals surface area contributed by atoms with Crippen LogP contribution in [0, 0.1) is 41.4 Å². The lowest BCUT2D eigenvalue weighted by atomic mass is 9.49. The van der Waals surface area contributed by atoms with Gasteiger partial charge in [0.15, 0.2) is 0 Å². The lowest BCUT2D eigenvalue weighted by Crippen LogP contribution is -2.53. The summed E-state index contributed by atoms with van der Waals surface area (Å²) in [6.07, 6.45) is 17.7. The van der Waals surface area contributed by atoms with Crippen molar-refractivity contribution in [1.82, 2.24) is 0 Å². The third-order valence-electron chi connectivity index (χ3n) is 8.23. The van der Waals surface area contributed by atoms with E-state index < -0.39 is 18.2 Å². The molecule has 146 valence electrons. The van der Waals surface area contributed by atoms with E-state index in [2.05, 4.69) is 12.8 Å². The van der Waals surface area contributed by atoms with Gasteiger partial charge in [-0.05, 0) is 87.2 Å². The molecule has 4 nitrogen and oxygen atoms in total. The number of allylic oxidation sites excluding steroid dienone is 3. The molecule has 0 aromatic heterocycles. The maximum absolute atomic E-state index is 11.4. The zero-order chi connectivity index (χ0) is 19.2. The van der Waals surface area contributed by atoms with Crippen LogP contribution in [0.25, 0.3) is 0 Å². The highest BCUT2D eigenvalue weighted by Crippen LogP contribution is 2.66. The molecule has 3 fully saturated rings. The Hall–Kier alpha value is -1.57. The summed E-state index contributed by atoms with van der Waals surface area (Å²) in [4.78, 5) is 11.4. The summed E-state index contributed by atoms with van der Waals surface area (Å²) in [5.41, 5.74) is 0.330. The standard InChI is InChI=1S/C23H30O4/c1-3-22-11-9-18-17-8-6-16(27-21(25)14-24)13-15(17)5-7-19(18)20(22)10-12-23(22,26)4-2/h2,6,13,17-20,24,26H,3,5,7-12,14H2,1H3/t17-,18+,19+,20-,22-,23-/m0/s1. The predicted octanol–water partition coefficient (Wildman–Crippen LogP) is 3.34. The molecule has 6 atom stereocenters. The topological polar surface area (TPSA) is 66.8 Å². The van der Waals surface area contributed by atoms with Gasteiger partial charge in [0.05, 0.1) is 0 Å². The van der Waals surface area contributed by atoms with Crippen molar-refractivity contribution >= 4 is 5.97 Å². The molecule has 0 unspecified atom stereocenters. The quantitative estimate of drug-likeness (QED) is 0.591. The maximum atomic E-state index is 11.4. The van der Waals surface area contributed by atoms with E-state index in [1.807, 2.05) is 12.2 Å². The van der Waals surface area contributed by atoms with Crippen LogP contribution < -0.4 is 0 Å². The van der Waals surface area contributed by atoms with Crippen molar-refractivity contribution in [2.45, 2.75) is 63.9 Å². The molecule has 0 heterocycles. The van der Waals surface area contributed by atoms with E-state index in [0.29, 0.717) is 29.4 Å². The largest absolute Gasteiger partial charge is 0.425 e. The molecule has 0 aliphatic heterocycles. The molecule has 0 radical (unpaired) electrons. The van der Waals surface area contributed by atoms with Crippen molar-refractivity contribution in [3.8, 4) is 12.3 Å². The number of aliphatic hydroxyl groups is 2. The molecule has 4 aliphatic rings. The Balaban J connectivity index is 1.56. The number of ether oxygens (including phenoxy) is 1. The molecule has 0 aromatic carbocycles. The second-order valence-electron chi connectivity index (χ2n) is 8.86. The first-order chi connectivity index (χ1) is 13.0. The second kappa shape index (κ2) is 6.79. The van der Waals surface area contributed by atoms with Crippen LogP contribution in [0.15, 0.2) is 23.5 Å². The van der Waals surface area contributed by atoms with Gasteiger partial charge in [-0.15, -0.1) is 6.42 Å². The molecule has 4 heteroatoms. The van der Waals surface area contributed by atoms with Crippen molar-refractivity contribution in [1.29, 1.82) is 0 Å². The highest BCUT2D eigenvalue weighted by atomic mass is 16.5. The molecular formula is C23H30O4. The first kappa shape index (κ1) is 18.8. The van der Waals surface area contributed by atoms with Crippen LogP contribution in [0.5, 0.6) is 0 Å². The number of rotatable bonds is 3. The maximum Gasteiger partial charge on any atom is 0.337 e. The van der Waals surface area contributed by atoms with Crippen LogP contribution in [0.4, 0.5) is 0 Å². The van der Waals surface area contributed by atoms with Crippen LogP contribution in [-0.2, 0) is 9.53 Å². The average Bonchev–Trinajstić information content (AvgIpc) is 3.01. The van der Waals surface area contributed by atoms with Gasteiger partial charge >= 0.3 is 5.97 Å². The van der Waals surface area contributed by atoms with Gasteiger partial charge < -0.3 is 14.9 Å². The van der Waals surface area contributed by atoms with Crippen molar-refractivity contribution in [2.24, 2.45) is 29.1 Å². The minimum absolute atomic E-state index is 0.115. The van der Waals surface area contributed by atoms with E-state index >= 15 is 0 Å². The molecular weight excluding hydrogens is 340 g/mol. The van der Waals surface area contributed by atoms with E-state index in [-0.39, 0.29) is 5.41 Å². The SMILES string of the molecule is C#C[C@]1(O)CC[C@H]2[C@@H]3CCC4=CC(OC(=O)CO)=CC[C@@H]4[C@H]3CC[C@@]21CC. The summed E-state index contributed by atoms with van der Waals surface area (Å²) in [7, 11) is 0. The summed E-state index contributed by atoms with van der Waals surface area (Å²) in [6, 6.07) is 0. The summed E-state index contributed by atoms with van der Waals surface area (Å²) in [5, 5.41) is 20.1. The fourth-order valence-electron chi connectivity index (χ4n) is 7.03. The van der Waals surface area contributed by atoms with Crippen LogP contribution in [0.1, 0.15) is 58.3 Å². The van der Waals surface area contributed by atoms with Crippen molar-refractivity contribution in [2.75, 3.05) is 6.61 Å². The predicted molar refractivity (Wildman–Crippen MR) is 102 cm³/mol. The summed E-state index contributed by atoms with van der Waals surface area (Å²) < 4.78 is 5.21. The number of terminal acetylenes is 1. The zero-order valence-electron chi connectivity index (χ0n) is 16.1. The third-order valence-corrected chi connectivity index (χ3v) is 8.23. The molecule has 0 spiro atoms. The Morgan fingerprint density at radius 3 is 2.85 bits per heavy atom. The summed E-state index contributed by atoms with van der Waals surface area (Å²) in [5.74, 6) is 5.03. The Labute approximate surface area is 161 Å². The van der Waals surface area contributed by atoms with E-state index in [1.165, 1.54) is 5.57 Å². The molecule has 2 N–H and O–H groups in total. The smallest absolute Gasteiger partial charge is 0.337 e. The molecule has 3 saturated carbocycles. The van der Waals surface area contributed by atoms with Crippen LogP contribution in [-0.4, -0.2) is 28.4 Å². The highest BCUT2D eigenvalue weighted by molar-refractivity contribution is 5.72. The number of hydrogen-bond donors (Lipinski definition) is 2. The number of esters is 1. The van der Waals surface area contributed by atoms with Gasteiger partial charge in [0, 0.05) is 5.41 Å². The fourth-order valence-corrected chi connectivity index (χ4v) is 7.03. The second-order valence-corrected chi connectivity index (χ2v) is 8.86. The number of aliphatic hydroxyl groups excluding tert-OH is 1. The van der Waals surface area contributed by atoms with E-state index in [9.17, 15) is 9.90 Å². The van der Waals surface area contributed by atoms with Gasteiger partial charge in [-0.2, -0.15) is 0 Å². The molecule has 0 aromatic rings. The van der Waals surface area contributed by atoms with Gasteiger partial charge in [-0.3, -0.25) is 0 Å². The Bertz CT molecular complexity index is 729. The molecule has 4 rings (SSSR count). The summed E-state index contributed by atoms with van der Waals surface area (Å²) >= 11 is 0.